The molecule has 0 saturated heterocycles. The molecule has 1 unspecified atom stereocenters. The Hall–Kier alpha value is -1.44. The van der Waals surface area contributed by atoms with Gasteiger partial charge in [-0.3, -0.25) is 13.8 Å². The van der Waals surface area contributed by atoms with Crippen molar-refractivity contribution >= 4 is 13.8 Å². The number of rotatable bonds is 41. The minimum absolute atomic E-state index is 0.0679. The highest BCUT2D eigenvalue weighted by molar-refractivity contribution is 7.47. The Morgan fingerprint density at radius 3 is 1.44 bits per heavy atom. The molecule has 0 rings (SSSR count). The molecule has 0 fully saturated rings. The van der Waals surface area contributed by atoms with Crippen molar-refractivity contribution in [2.24, 2.45) is 5.73 Å². The summed E-state index contributed by atoms with van der Waals surface area (Å²) in [5.41, 5.74) is 5.36. The van der Waals surface area contributed by atoms with Crippen molar-refractivity contribution in [3.63, 3.8) is 0 Å². The number of phosphoric acid groups is 1. The monoisotopic (exact) mass is 756 g/mol. The second-order valence-corrected chi connectivity index (χ2v) is 15.7. The van der Waals surface area contributed by atoms with Gasteiger partial charge in [0.15, 0.2) is 6.10 Å². The summed E-state index contributed by atoms with van der Waals surface area (Å²) < 4.78 is 33.2. The lowest BCUT2D eigenvalue weighted by molar-refractivity contribution is -0.147. The van der Waals surface area contributed by atoms with Crippen LogP contribution in [0.1, 0.15) is 200 Å². The zero-order chi connectivity index (χ0) is 38.1. The van der Waals surface area contributed by atoms with Crippen LogP contribution in [0.15, 0.2) is 36.6 Å². The van der Waals surface area contributed by atoms with Gasteiger partial charge in [0.2, 0.25) is 0 Å². The summed E-state index contributed by atoms with van der Waals surface area (Å²) in [6.07, 6.45) is 46.9. The minimum atomic E-state index is -4.27. The van der Waals surface area contributed by atoms with Gasteiger partial charge in [0.05, 0.1) is 19.5 Å². The highest BCUT2D eigenvalue weighted by Crippen LogP contribution is 2.43. The highest BCUT2D eigenvalue weighted by atomic mass is 31.2. The number of esters is 1. The molecule has 306 valence electrons. The summed E-state index contributed by atoms with van der Waals surface area (Å²) in [5.74, 6) is -0.296. The largest absolute Gasteiger partial charge is 0.492 e. The Labute approximate surface area is 320 Å². The molecular weight excluding hydrogens is 673 g/mol. The number of nitrogens with two attached hydrogens (primary N) is 1. The predicted octanol–water partition coefficient (Wildman–Crippen LogP) is 13.0. The van der Waals surface area contributed by atoms with E-state index in [4.69, 9.17) is 24.3 Å². The number of carbonyl (C=O) groups excluding carboxylic acids is 1. The van der Waals surface area contributed by atoms with Crippen LogP contribution in [0.2, 0.25) is 0 Å². The average molecular weight is 756 g/mol. The third kappa shape index (κ3) is 39.8. The molecule has 0 aromatic rings. The number of carbonyl (C=O) groups is 1. The smallest absolute Gasteiger partial charge is 0.472 e. The van der Waals surface area contributed by atoms with E-state index in [2.05, 4.69) is 38.2 Å². The zero-order valence-electron chi connectivity index (χ0n) is 33.8. The number of phosphoric ester groups is 1. The van der Waals surface area contributed by atoms with Crippen molar-refractivity contribution in [2.75, 3.05) is 26.4 Å². The molecule has 0 bridgehead atoms. The summed E-state index contributed by atoms with van der Waals surface area (Å²) in [4.78, 5) is 22.3. The molecule has 0 aromatic carbocycles. The van der Waals surface area contributed by atoms with E-state index in [-0.39, 0.29) is 32.3 Å². The van der Waals surface area contributed by atoms with Crippen LogP contribution in [0, 0.1) is 0 Å². The molecule has 0 aromatic heterocycles. The summed E-state index contributed by atoms with van der Waals surface area (Å²) in [5, 5.41) is 0. The van der Waals surface area contributed by atoms with Crippen LogP contribution in [0.4, 0.5) is 0 Å². The zero-order valence-corrected chi connectivity index (χ0v) is 34.7. The third-order valence-corrected chi connectivity index (χ3v) is 10.1. The molecule has 2 atom stereocenters. The second kappa shape index (κ2) is 40.7. The van der Waals surface area contributed by atoms with E-state index < -0.39 is 13.9 Å². The lowest BCUT2D eigenvalue weighted by Gasteiger charge is -2.19. The first-order valence-electron chi connectivity index (χ1n) is 21.5. The number of allylic oxidation sites excluding steroid dienone is 5. The van der Waals surface area contributed by atoms with Gasteiger partial charge in [-0.05, 0) is 76.7 Å². The molecule has 0 amide bonds. The molecule has 52 heavy (non-hydrogen) atoms. The average Bonchev–Trinajstić information content (AvgIpc) is 3.14. The van der Waals surface area contributed by atoms with Gasteiger partial charge >= 0.3 is 13.8 Å². The van der Waals surface area contributed by atoms with Gasteiger partial charge < -0.3 is 20.1 Å². The molecule has 0 aliphatic carbocycles. The first kappa shape index (κ1) is 50.6. The van der Waals surface area contributed by atoms with Gasteiger partial charge in [0.1, 0.15) is 6.61 Å². The quantitative estimate of drug-likeness (QED) is 0.0208. The van der Waals surface area contributed by atoms with Crippen LogP contribution in [-0.4, -0.2) is 43.3 Å². The molecule has 8 nitrogen and oxygen atoms in total. The van der Waals surface area contributed by atoms with Gasteiger partial charge in [-0.1, -0.05) is 147 Å². The van der Waals surface area contributed by atoms with Crippen molar-refractivity contribution in [1.29, 1.82) is 0 Å². The maximum absolute atomic E-state index is 12.4. The van der Waals surface area contributed by atoms with Crippen LogP contribution in [-0.2, 0) is 27.9 Å². The van der Waals surface area contributed by atoms with E-state index in [9.17, 15) is 14.3 Å². The van der Waals surface area contributed by atoms with E-state index in [1.165, 1.54) is 148 Å². The fourth-order valence-corrected chi connectivity index (χ4v) is 6.62. The van der Waals surface area contributed by atoms with Gasteiger partial charge in [-0.2, -0.15) is 0 Å². The summed E-state index contributed by atoms with van der Waals surface area (Å²) in [6.45, 7) is 4.20. The molecular formula is C43H82NO7P. The maximum atomic E-state index is 12.4. The van der Waals surface area contributed by atoms with Crippen molar-refractivity contribution in [1.82, 2.24) is 0 Å². The predicted molar refractivity (Wildman–Crippen MR) is 219 cm³/mol. The summed E-state index contributed by atoms with van der Waals surface area (Å²) >= 11 is 0. The normalized spacial score (nSPS) is 13.8. The molecule has 0 spiro atoms. The SMILES string of the molecule is CCCCCCC=CCCCCCCCCC=CO[C@H](COC(=O)CCCCCCCCCC=CCCCCCCCC)COP(=O)(O)OCCN. The van der Waals surface area contributed by atoms with Gasteiger partial charge in [-0.15, -0.1) is 0 Å². The van der Waals surface area contributed by atoms with E-state index in [0.717, 1.165) is 32.1 Å². The van der Waals surface area contributed by atoms with Crippen molar-refractivity contribution in [3.8, 4) is 0 Å². The van der Waals surface area contributed by atoms with E-state index >= 15 is 0 Å². The number of hydrogen-bond donors (Lipinski definition) is 2. The topological polar surface area (TPSA) is 117 Å². The maximum Gasteiger partial charge on any atom is 0.472 e. The lowest BCUT2D eigenvalue weighted by Crippen LogP contribution is -2.25. The summed E-state index contributed by atoms with van der Waals surface area (Å²) in [7, 11) is -4.27. The van der Waals surface area contributed by atoms with Gasteiger partial charge in [0.25, 0.3) is 0 Å². The first-order valence-corrected chi connectivity index (χ1v) is 23.0. The number of hydrogen-bond acceptors (Lipinski definition) is 7. The molecule has 0 aliphatic heterocycles. The van der Waals surface area contributed by atoms with E-state index in [1.54, 1.807) is 6.26 Å². The van der Waals surface area contributed by atoms with Crippen LogP contribution >= 0.6 is 7.82 Å². The molecule has 9 heteroatoms. The fraction of sp³-hybridized carbons (Fsp3) is 0.837. The first-order chi connectivity index (χ1) is 25.4. The Kier molecular flexibility index (Phi) is 39.6. The van der Waals surface area contributed by atoms with Gasteiger partial charge in [0, 0.05) is 13.0 Å². The minimum Gasteiger partial charge on any atom is -0.492 e. The molecule has 3 N–H and O–H groups in total. The van der Waals surface area contributed by atoms with E-state index in [0.29, 0.717) is 6.42 Å². The van der Waals surface area contributed by atoms with Crippen LogP contribution < -0.4 is 5.73 Å². The standard InChI is InChI=1S/C43H82NO7P/c1-3-5-7-9-11-13-15-17-19-21-22-24-26-28-30-32-34-36-43(45)49-40-42(41-51-52(46,47)50-39-37-44)48-38-35-33-31-29-27-25-23-20-18-16-14-12-10-8-6-4-2/h14,16-17,19,35,38,42H,3-13,15,18,20-34,36-37,39-41,44H2,1-2H3,(H,46,47)/t42-/m1/s1. The molecule has 0 heterocycles. The summed E-state index contributed by atoms with van der Waals surface area (Å²) in [6, 6.07) is 0. The van der Waals surface area contributed by atoms with Crippen LogP contribution in [0.25, 0.3) is 0 Å². The Morgan fingerprint density at radius 2 is 0.981 bits per heavy atom. The Bertz CT molecular complexity index is 895. The van der Waals surface area contributed by atoms with Crippen molar-refractivity contribution in [3.05, 3.63) is 36.6 Å². The van der Waals surface area contributed by atoms with E-state index in [1.807, 2.05) is 6.08 Å². The van der Waals surface area contributed by atoms with Gasteiger partial charge in [-0.25, -0.2) is 4.57 Å². The molecule has 0 saturated carbocycles. The van der Waals surface area contributed by atoms with Crippen LogP contribution in [0.5, 0.6) is 0 Å². The number of ether oxygens (including phenoxy) is 2. The lowest BCUT2D eigenvalue weighted by atomic mass is 10.1. The number of unbranched alkanes of at least 4 members (excludes halogenated alkanes) is 24. The Morgan fingerprint density at radius 1 is 0.577 bits per heavy atom. The Balaban J connectivity index is 4.09. The third-order valence-electron chi connectivity index (χ3n) is 9.12. The van der Waals surface area contributed by atoms with Crippen LogP contribution in [0.3, 0.4) is 0 Å². The molecule has 0 radical (unpaired) electrons. The second-order valence-electron chi connectivity index (χ2n) is 14.3. The van der Waals surface area contributed by atoms with Crippen molar-refractivity contribution < 1.29 is 32.8 Å². The van der Waals surface area contributed by atoms with Crippen molar-refractivity contribution in [2.45, 2.75) is 206 Å². The fourth-order valence-electron chi connectivity index (χ4n) is 5.85. The highest BCUT2D eigenvalue weighted by Gasteiger charge is 2.24. The molecule has 0 aliphatic rings.